The first kappa shape index (κ1) is 22.9. The van der Waals surface area contributed by atoms with Crippen LogP contribution in [-0.2, 0) is 0 Å². The van der Waals surface area contributed by atoms with Gasteiger partial charge in [-0.25, -0.2) is 18.9 Å². The Morgan fingerprint density at radius 3 is 2.64 bits per heavy atom. The van der Waals surface area contributed by atoms with E-state index in [1.54, 1.807) is 12.1 Å². The summed E-state index contributed by atoms with van der Waals surface area (Å²) in [5.41, 5.74) is 9.18. The molecule has 2 saturated heterocycles. The fourth-order valence-electron chi connectivity index (χ4n) is 5.42. The van der Waals surface area contributed by atoms with E-state index >= 15 is 0 Å². The van der Waals surface area contributed by atoms with Crippen LogP contribution in [0.5, 0.6) is 0 Å². The zero-order valence-corrected chi connectivity index (χ0v) is 20.3. The number of imidazole rings is 1. The number of nitrogens with two attached hydrogens (primary N) is 1. The number of fused-ring (bicyclic) bond motifs is 1. The van der Waals surface area contributed by atoms with E-state index in [0.717, 1.165) is 86.3 Å². The van der Waals surface area contributed by atoms with Crippen molar-refractivity contribution in [2.45, 2.75) is 18.9 Å². The second-order valence-corrected chi connectivity index (χ2v) is 9.51. The largest absolute Gasteiger partial charge is 0.354 e. The molecule has 3 aromatic heterocycles. The van der Waals surface area contributed by atoms with Crippen LogP contribution in [0.1, 0.15) is 24.4 Å². The molecular formula is C27H31FN8. The quantitative estimate of drug-likeness (QED) is 0.448. The van der Waals surface area contributed by atoms with Crippen LogP contribution in [0.3, 0.4) is 0 Å². The second-order valence-electron chi connectivity index (χ2n) is 9.51. The van der Waals surface area contributed by atoms with Gasteiger partial charge in [0.25, 0.3) is 0 Å². The Labute approximate surface area is 210 Å². The maximum absolute atomic E-state index is 13.9. The molecule has 0 bridgehead atoms. The highest BCUT2D eigenvalue weighted by Crippen LogP contribution is 2.35. The van der Waals surface area contributed by atoms with Gasteiger partial charge in [0.2, 0.25) is 0 Å². The van der Waals surface area contributed by atoms with Gasteiger partial charge in [-0.15, -0.1) is 5.10 Å². The summed E-state index contributed by atoms with van der Waals surface area (Å²) in [5, 5.41) is 4.98. The summed E-state index contributed by atoms with van der Waals surface area (Å²) >= 11 is 0. The van der Waals surface area contributed by atoms with E-state index < -0.39 is 0 Å². The predicted octanol–water partition coefficient (Wildman–Crippen LogP) is 3.35. The second kappa shape index (κ2) is 9.83. The number of halogens is 1. The number of anilines is 2. The molecule has 0 radical (unpaired) electrons. The minimum Gasteiger partial charge on any atom is -0.354 e. The Kier molecular flexibility index (Phi) is 6.25. The fraction of sp³-hybridized carbons (Fsp3) is 0.370. The average molecular weight is 487 g/mol. The minimum atomic E-state index is -0.202. The van der Waals surface area contributed by atoms with Crippen LogP contribution in [0.25, 0.3) is 17.0 Å². The minimum absolute atomic E-state index is 0.108. The molecule has 6 rings (SSSR count). The van der Waals surface area contributed by atoms with E-state index in [1.807, 2.05) is 41.0 Å². The molecule has 0 spiro atoms. The van der Waals surface area contributed by atoms with Crippen LogP contribution < -0.4 is 15.5 Å². The van der Waals surface area contributed by atoms with Crippen LogP contribution in [0.4, 0.5) is 16.0 Å². The monoisotopic (exact) mass is 486 g/mol. The summed E-state index contributed by atoms with van der Waals surface area (Å²) in [6, 6.07) is 17.1. The number of hydrogen-bond acceptors (Lipinski definition) is 7. The van der Waals surface area contributed by atoms with Crippen LogP contribution in [0.2, 0.25) is 0 Å². The van der Waals surface area contributed by atoms with Gasteiger partial charge >= 0.3 is 0 Å². The van der Waals surface area contributed by atoms with Gasteiger partial charge in [0.15, 0.2) is 5.65 Å². The zero-order valence-electron chi connectivity index (χ0n) is 20.3. The summed E-state index contributed by atoms with van der Waals surface area (Å²) in [7, 11) is 0. The van der Waals surface area contributed by atoms with Gasteiger partial charge in [-0.3, -0.25) is 4.90 Å². The molecule has 4 aromatic rings. The molecule has 1 aromatic carbocycles. The van der Waals surface area contributed by atoms with E-state index in [-0.39, 0.29) is 11.9 Å². The topological polar surface area (TPSA) is 78.8 Å². The molecule has 2 N–H and O–H groups in total. The normalized spacial score (nSPS) is 18.9. The molecule has 1 atom stereocenters. The van der Waals surface area contributed by atoms with Crippen molar-refractivity contribution in [2.75, 3.05) is 55.6 Å². The van der Waals surface area contributed by atoms with Crippen molar-refractivity contribution in [2.24, 2.45) is 5.73 Å². The lowest BCUT2D eigenvalue weighted by Gasteiger charge is -2.35. The summed E-state index contributed by atoms with van der Waals surface area (Å²) in [6.07, 6.45) is 3.85. The highest BCUT2D eigenvalue weighted by atomic mass is 19.1. The number of aromatic nitrogens is 4. The van der Waals surface area contributed by atoms with Gasteiger partial charge < -0.3 is 15.5 Å². The summed E-state index contributed by atoms with van der Waals surface area (Å²) in [4.78, 5) is 16.6. The molecule has 8 nitrogen and oxygen atoms in total. The van der Waals surface area contributed by atoms with Crippen LogP contribution >= 0.6 is 0 Å². The third-order valence-electron chi connectivity index (χ3n) is 7.27. The van der Waals surface area contributed by atoms with E-state index in [0.29, 0.717) is 6.54 Å². The van der Waals surface area contributed by atoms with Crippen molar-refractivity contribution in [1.82, 2.24) is 24.5 Å². The van der Waals surface area contributed by atoms with Gasteiger partial charge in [0.05, 0.1) is 17.9 Å². The first-order chi connectivity index (χ1) is 17.7. The SMILES string of the molecule is NCCN1CCN(c2cccc(-c3cnc4ccc(N5CCCC5c5cccc(F)c5)nn34)n2)CC1. The highest BCUT2D eigenvalue weighted by Gasteiger charge is 2.28. The molecule has 2 fully saturated rings. The van der Waals surface area contributed by atoms with E-state index in [9.17, 15) is 4.39 Å². The van der Waals surface area contributed by atoms with E-state index in [1.165, 1.54) is 6.07 Å². The van der Waals surface area contributed by atoms with Gasteiger partial charge in [0.1, 0.15) is 23.1 Å². The molecule has 0 aliphatic carbocycles. The van der Waals surface area contributed by atoms with Crippen molar-refractivity contribution in [3.8, 4) is 11.4 Å². The van der Waals surface area contributed by atoms with Crippen LogP contribution in [0.15, 0.2) is 60.8 Å². The Hall–Kier alpha value is -3.56. The van der Waals surface area contributed by atoms with E-state index in [4.69, 9.17) is 15.8 Å². The average Bonchev–Trinajstić information content (AvgIpc) is 3.57. The third-order valence-corrected chi connectivity index (χ3v) is 7.27. The number of rotatable bonds is 6. The Morgan fingerprint density at radius 2 is 1.81 bits per heavy atom. The summed E-state index contributed by atoms with van der Waals surface area (Å²) in [6.45, 7) is 6.36. The molecule has 2 aliphatic rings. The molecule has 5 heterocycles. The van der Waals surface area contributed by atoms with Gasteiger partial charge in [-0.2, -0.15) is 0 Å². The lowest BCUT2D eigenvalue weighted by molar-refractivity contribution is 0.264. The van der Waals surface area contributed by atoms with Crippen molar-refractivity contribution in [1.29, 1.82) is 0 Å². The third kappa shape index (κ3) is 4.40. The number of nitrogens with zero attached hydrogens (tertiary/aromatic N) is 7. The maximum atomic E-state index is 13.9. The Bertz CT molecular complexity index is 1350. The number of hydrogen-bond donors (Lipinski definition) is 1. The molecule has 36 heavy (non-hydrogen) atoms. The van der Waals surface area contributed by atoms with Crippen molar-refractivity contribution >= 4 is 17.3 Å². The lowest BCUT2D eigenvalue weighted by Crippen LogP contribution is -2.48. The zero-order chi connectivity index (χ0) is 24.5. The molecular weight excluding hydrogens is 455 g/mol. The fourth-order valence-corrected chi connectivity index (χ4v) is 5.42. The predicted molar refractivity (Wildman–Crippen MR) is 140 cm³/mol. The summed E-state index contributed by atoms with van der Waals surface area (Å²) in [5.74, 6) is 1.63. The molecule has 2 aliphatic heterocycles. The van der Waals surface area contributed by atoms with Gasteiger partial charge in [-0.1, -0.05) is 18.2 Å². The van der Waals surface area contributed by atoms with Gasteiger partial charge in [0, 0.05) is 45.8 Å². The van der Waals surface area contributed by atoms with E-state index in [2.05, 4.69) is 25.8 Å². The first-order valence-electron chi connectivity index (χ1n) is 12.7. The standard InChI is InChI=1S/C27H31FN8/c28-21-5-1-4-20(18-21)23-7-3-12-35(23)27-10-9-25-30-19-24(36(25)32-27)22-6-2-8-26(31-22)34-16-14-33(13-11-29)15-17-34/h1-2,4-6,8-10,18-19,23H,3,7,11-17,29H2. The van der Waals surface area contributed by atoms with Crippen LogP contribution in [0, 0.1) is 5.82 Å². The molecule has 0 amide bonds. The Balaban J connectivity index is 1.29. The number of benzene rings is 1. The van der Waals surface area contributed by atoms with Crippen LogP contribution in [-0.4, -0.2) is 70.3 Å². The number of piperazine rings is 1. The first-order valence-corrected chi connectivity index (χ1v) is 12.7. The number of pyridine rings is 1. The van der Waals surface area contributed by atoms with Crippen molar-refractivity contribution in [3.63, 3.8) is 0 Å². The molecule has 1 unspecified atom stereocenters. The molecule has 186 valence electrons. The molecule has 9 heteroatoms. The Morgan fingerprint density at radius 1 is 0.944 bits per heavy atom. The highest BCUT2D eigenvalue weighted by molar-refractivity contribution is 5.62. The smallest absolute Gasteiger partial charge is 0.154 e. The van der Waals surface area contributed by atoms with Crippen molar-refractivity contribution in [3.05, 3.63) is 72.2 Å². The summed E-state index contributed by atoms with van der Waals surface area (Å²) < 4.78 is 15.8. The van der Waals surface area contributed by atoms with Gasteiger partial charge in [-0.05, 0) is 54.8 Å². The maximum Gasteiger partial charge on any atom is 0.154 e. The molecule has 0 saturated carbocycles. The van der Waals surface area contributed by atoms with Crippen molar-refractivity contribution < 1.29 is 4.39 Å². The lowest BCUT2D eigenvalue weighted by atomic mass is 10.0.